The van der Waals surface area contributed by atoms with Gasteiger partial charge in [-0.3, -0.25) is 0 Å². The van der Waals surface area contributed by atoms with Crippen LogP contribution in [0.1, 0.15) is 41.5 Å². The van der Waals surface area contributed by atoms with Crippen LogP contribution < -0.4 is 23.6 Å². The fourth-order valence-electron chi connectivity index (χ4n) is 0.433. The largest absolute Gasteiger partial charge is 0.247 e. The molecule has 0 saturated carbocycles. The molecule has 0 radical (unpaired) electrons. The van der Waals surface area contributed by atoms with E-state index in [1.807, 2.05) is 0 Å². The van der Waals surface area contributed by atoms with Gasteiger partial charge in [0, 0.05) is 5.41 Å². The molecule has 0 aromatic carbocycles. The average Bonchev–Trinajstić information content (AvgIpc) is 1.76. The maximum absolute atomic E-state index is 8.49. The van der Waals surface area contributed by atoms with Crippen molar-refractivity contribution < 1.29 is 33.9 Å². The molecule has 0 aromatic heterocycles. The normalized spacial score (nSPS) is 13.7. The van der Waals surface area contributed by atoms with Gasteiger partial charge >= 0.3 is 0 Å². The minimum Gasteiger partial charge on any atom is -0.247 e. The predicted molar refractivity (Wildman–Crippen MR) is 46.2 cm³/mol. The minimum absolute atomic E-state index is 0.202. The summed E-state index contributed by atoms with van der Waals surface area (Å²) < 4.78 is 34.0. The lowest BCUT2D eigenvalue weighted by Crippen LogP contribution is -2.82. The molecule has 1 N–H and O–H groups in total. The minimum atomic E-state index is -4.94. The van der Waals surface area contributed by atoms with Gasteiger partial charge in [-0.2, -0.15) is 0 Å². The molecule has 0 unspecified atom stereocenters. The molecule has 0 aromatic rings. The average molecular weight is 242 g/mol. The van der Waals surface area contributed by atoms with Crippen molar-refractivity contribution in [3.05, 3.63) is 0 Å². The van der Waals surface area contributed by atoms with Gasteiger partial charge in [-0.05, 0) is 20.8 Å². The van der Waals surface area contributed by atoms with Crippen LogP contribution >= 0.6 is 0 Å². The summed E-state index contributed by atoms with van der Waals surface area (Å²) in [6.45, 7) is 13.0. The second kappa shape index (κ2) is 5.77. The summed E-state index contributed by atoms with van der Waals surface area (Å²) >= 11 is 0. The Bertz CT molecular complexity index is 176. The van der Waals surface area contributed by atoms with E-state index >= 15 is 0 Å². The molecule has 5 nitrogen and oxygen atoms in total. The van der Waals surface area contributed by atoms with Gasteiger partial charge in [-0.15, -0.1) is 10.2 Å². The van der Waals surface area contributed by atoms with Gasteiger partial charge in [0.1, 0.15) is 6.21 Å². The Labute approximate surface area is 93.2 Å². The topological polar surface area (TPSA) is 106 Å². The van der Waals surface area contributed by atoms with Crippen LogP contribution in [0, 0.1) is 15.7 Å². The van der Waals surface area contributed by atoms with Crippen LogP contribution in [-0.2, 0) is 0 Å². The fraction of sp³-hybridized carbons (Fsp3) is 0.889. The maximum Gasteiger partial charge on any atom is 0.151 e. The number of rotatable bonds is 0. The molecular formula is C9H20ClNO4. The molecule has 0 rings (SSSR count). The van der Waals surface area contributed by atoms with Crippen LogP contribution in [0.2, 0.25) is 0 Å². The summed E-state index contributed by atoms with van der Waals surface area (Å²) in [5.74, 6) is 0. The maximum atomic E-state index is 8.49. The summed E-state index contributed by atoms with van der Waals surface area (Å²) in [5.41, 5.74) is 0.473. The number of halogens is 1. The Hall–Kier alpha value is -0.200. The van der Waals surface area contributed by atoms with E-state index in [0.717, 1.165) is 0 Å². The van der Waals surface area contributed by atoms with Crippen LogP contribution in [0.3, 0.4) is 0 Å². The van der Waals surface area contributed by atoms with Gasteiger partial charge in [0.2, 0.25) is 0 Å². The van der Waals surface area contributed by atoms with Crippen LogP contribution in [0.15, 0.2) is 0 Å². The molecule has 0 atom stereocenters. The van der Waals surface area contributed by atoms with Crippen molar-refractivity contribution in [2.24, 2.45) is 5.41 Å². The Morgan fingerprint density at radius 3 is 1.20 bits per heavy atom. The van der Waals surface area contributed by atoms with Gasteiger partial charge in [0.15, 0.2) is 5.54 Å². The third-order valence-electron chi connectivity index (χ3n) is 0.938. The lowest BCUT2D eigenvalue weighted by molar-refractivity contribution is -2.00. The summed E-state index contributed by atoms with van der Waals surface area (Å²) in [7, 11) is -4.94. The van der Waals surface area contributed by atoms with Gasteiger partial charge < -0.3 is 0 Å². The van der Waals surface area contributed by atoms with Crippen molar-refractivity contribution in [3.63, 3.8) is 0 Å². The summed E-state index contributed by atoms with van der Waals surface area (Å²) in [5, 5.41) is 0. The highest BCUT2D eigenvalue weighted by Crippen LogP contribution is 2.05. The highest BCUT2D eigenvalue weighted by molar-refractivity contribution is 5.57. The molecule has 0 fully saturated rings. The van der Waals surface area contributed by atoms with Crippen molar-refractivity contribution in [2.75, 3.05) is 0 Å². The van der Waals surface area contributed by atoms with Crippen molar-refractivity contribution in [2.45, 2.75) is 47.1 Å². The Balaban J connectivity index is 0. The molecule has 0 aliphatic heterocycles. The van der Waals surface area contributed by atoms with Gasteiger partial charge in [0.25, 0.3) is 0 Å². The number of nitrogens with one attached hydrogen (secondary N) is 1. The molecule has 92 valence electrons. The molecule has 0 aliphatic rings. The van der Waals surface area contributed by atoms with E-state index in [0.29, 0.717) is 0 Å². The Kier molecular flexibility index (Phi) is 6.61. The SMILES string of the molecule is CC(C)(C)C=[NH+]C(C)(C)C.[O-][Cl+3]([O-])([O-])[O-]. The molecule has 6 heteroatoms. The zero-order chi connectivity index (χ0) is 12.9. The summed E-state index contributed by atoms with van der Waals surface area (Å²) in [6, 6.07) is 0. The van der Waals surface area contributed by atoms with E-state index in [2.05, 4.69) is 52.7 Å². The fourth-order valence-corrected chi connectivity index (χ4v) is 0.433. The lowest BCUT2D eigenvalue weighted by Gasteiger charge is -2.17. The summed E-state index contributed by atoms with van der Waals surface area (Å²) in [6.07, 6.45) is 2.15. The molecule has 15 heavy (non-hydrogen) atoms. The zero-order valence-corrected chi connectivity index (χ0v) is 10.8. The first kappa shape index (κ1) is 17.2. The molecule has 0 heterocycles. The number of hydrogen-bond acceptors (Lipinski definition) is 4. The van der Waals surface area contributed by atoms with Gasteiger partial charge in [0.05, 0.1) is 0 Å². The first-order valence-corrected chi connectivity index (χ1v) is 5.68. The van der Waals surface area contributed by atoms with Crippen molar-refractivity contribution in [1.29, 1.82) is 0 Å². The van der Waals surface area contributed by atoms with Crippen molar-refractivity contribution >= 4 is 6.21 Å². The second-order valence-corrected chi connectivity index (χ2v) is 6.04. The Morgan fingerprint density at radius 1 is 0.867 bits per heavy atom. The first-order chi connectivity index (χ1) is 6.21. The van der Waals surface area contributed by atoms with E-state index in [1.54, 1.807) is 0 Å². The third-order valence-corrected chi connectivity index (χ3v) is 0.938. The molecule has 0 bridgehead atoms. The van der Waals surface area contributed by atoms with E-state index < -0.39 is 10.2 Å². The van der Waals surface area contributed by atoms with E-state index in [1.165, 1.54) is 0 Å². The molecule has 0 saturated heterocycles. The standard InChI is InChI=1S/C9H19N.ClHO4/c1-8(2,3)7-10-9(4,5)6;2-1(3,4)5/h7H,1-6H3;(H,2,3,4,5). The smallest absolute Gasteiger partial charge is 0.151 e. The van der Waals surface area contributed by atoms with E-state index in [4.69, 9.17) is 18.6 Å². The zero-order valence-electron chi connectivity index (χ0n) is 10.1. The lowest BCUT2D eigenvalue weighted by atomic mass is 9.98. The van der Waals surface area contributed by atoms with E-state index in [-0.39, 0.29) is 11.0 Å². The monoisotopic (exact) mass is 241 g/mol. The van der Waals surface area contributed by atoms with E-state index in [9.17, 15) is 0 Å². The molecule has 0 aliphatic carbocycles. The Morgan fingerprint density at radius 2 is 1.13 bits per heavy atom. The second-order valence-electron chi connectivity index (χ2n) is 5.28. The van der Waals surface area contributed by atoms with Gasteiger partial charge in [-0.25, -0.2) is 23.6 Å². The van der Waals surface area contributed by atoms with Crippen molar-refractivity contribution in [1.82, 2.24) is 0 Å². The highest BCUT2D eigenvalue weighted by Gasteiger charge is 2.16. The predicted octanol–water partition coefficient (Wildman–Crippen LogP) is -3.77. The molecule has 0 amide bonds. The van der Waals surface area contributed by atoms with Crippen LogP contribution in [0.4, 0.5) is 0 Å². The van der Waals surface area contributed by atoms with Crippen LogP contribution in [0.25, 0.3) is 0 Å². The summed E-state index contributed by atoms with van der Waals surface area (Å²) in [4.78, 5) is 3.34. The quantitative estimate of drug-likeness (QED) is 0.440. The number of hydrogen-bond donors (Lipinski definition) is 1. The first-order valence-electron chi connectivity index (χ1n) is 4.44. The molecule has 0 spiro atoms. The third kappa shape index (κ3) is 41.6. The van der Waals surface area contributed by atoms with Gasteiger partial charge in [-0.1, -0.05) is 20.8 Å². The van der Waals surface area contributed by atoms with Crippen LogP contribution in [-0.4, -0.2) is 11.8 Å². The van der Waals surface area contributed by atoms with Crippen LogP contribution in [0.5, 0.6) is 0 Å². The highest BCUT2D eigenvalue weighted by atomic mass is 35.7. The molecular weight excluding hydrogens is 222 g/mol. The van der Waals surface area contributed by atoms with Crippen molar-refractivity contribution in [3.8, 4) is 0 Å².